The van der Waals surface area contributed by atoms with Gasteiger partial charge in [0.05, 0.1) is 25.8 Å². The zero-order valence-electron chi connectivity index (χ0n) is 17.3. The van der Waals surface area contributed by atoms with E-state index in [1.807, 2.05) is 18.2 Å². The molecule has 3 atom stereocenters. The summed E-state index contributed by atoms with van der Waals surface area (Å²) in [6.07, 6.45) is 4.81. The standard InChI is InChI=1S/C22H26N2O6/c1-14(25)29-17-5-6-19(24-30-22(26)15-8-10-23-11-9-15)18(13-17)16-4-7-20(27-2)21(12-16)28-3/h4,7-12,17-19,24H,5-6,13H2,1-3H3. The van der Waals surface area contributed by atoms with Crippen molar-refractivity contribution in [2.45, 2.75) is 44.2 Å². The van der Waals surface area contributed by atoms with Gasteiger partial charge in [0, 0.05) is 25.2 Å². The molecule has 0 bridgehead atoms. The van der Waals surface area contributed by atoms with Crippen LogP contribution < -0.4 is 15.0 Å². The number of rotatable bonds is 7. The lowest BCUT2D eigenvalue weighted by atomic mass is 9.79. The average Bonchev–Trinajstić information content (AvgIpc) is 2.77. The average molecular weight is 414 g/mol. The van der Waals surface area contributed by atoms with Gasteiger partial charge in [-0.3, -0.25) is 9.78 Å². The van der Waals surface area contributed by atoms with Crippen LogP contribution in [0.15, 0.2) is 42.7 Å². The maximum Gasteiger partial charge on any atom is 0.356 e. The second-order valence-electron chi connectivity index (χ2n) is 7.12. The minimum atomic E-state index is -0.481. The first kappa shape index (κ1) is 21.6. The zero-order chi connectivity index (χ0) is 21.5. The molecule has 1 aliphatic rings. The van der Waals surface area contributed by atoms with Crippen LogP contribution in [0.5, 0.6) is 11.5 Å². The van der Waals surface area contributed by atoms with Crippen LogP contribution in [0.1, 0.15) is 48.0 Å². The lowest BCUT2D eigenvalue weighted by Crippen LogP contribution is -2.42. The minimum absolute atomic E-state index is 0.0619. The van der Waals surface area contributed by atoms with E-state index in [-0.39, 0.29) is 24.0 Å². The van der Waals surface area contributed by atoms with Crippen molar-refractivity contribution < 1.29 is 28.6 Å². The van der Waals surface area contributed by atoms with Gasteiger partial charge in [0.2, 0.25) is 0 Å². The number of nitrogens with one attached hydrogen (secondary N) is 1. The Balaban J connectivity index is 1.78. The number of esters is 1. The molecule has 160 valence electrons. The van der Waals surface area contributed by atoms with E-state index in [9.17, 15) is 9.59 Å². The highest BCUT2D eigenvalue weighted by Gasteiger charge is 2.34. The molecular formula is C22H26N2O6. The first-order chi connectivity index (χ1) is 14.5. The van der Waals surface area contributed by atoms with Crippen LogP contribution in [-0.4, -0.2) is 43.3 Å². The number of hydrogen-bond acceptors (Lipinski definition) is 8. The molecule has 3 rings (SSSR count). The number of aromatic nitrogens is 1. The molecule has 0 spiro atoms. The summed E-state index contributed by atoms with van der Waals surface area (Å²) in [5.41, 5.74) is 4.31. The highest BCUT2D eigenvalue weighted by Crippen LogP contribution is 2.38. The number of pyridine rings is 1. The Morgan fingerprint density at radius 3 is 2.43 bits per heavy atom. The molecule has 8 nitrogen and oxygen atoms in total. The second kappa shape index (κ2) is 10.1. The molecule has 1 aromatic carbocycles. The van der Waals surface area contributed by atoms with Crippen LogP contribution in [0.2, 0.25) is 0 Å². The number of benzene rings is 1. The van der Waals surface area contributed by atoms with Gasteiger partial charge < -0.3 is 19.0 Å². The molecule has 2 aromatic rings. The minimum Gasteiger partial charge on any atom is -0.493 e. The van der Waals surface area contributed by atoms with Crippen molar-refractivity contribution >= 4 is 11.9 Å². The Hall–Kier alpha value is -3.13. The van der Waals surface area contributed by atoms with Crippen molar-refractivity contribution in [2.24, 2.45) is 0 Å². The Morgan fingerprint density at radius 2 is 1.77 bits per heavy atom. The Bertz CT molecular complexity index is 873. The predicted molar refractivity (Wildman–Crippen MR) is 108 cm³/mol. The van der Waals surface area contributed by atoms with Crippen LogP contribution in [0.25, 0.3) is 0 Å². The highest BCUT2D eigenvalue weighted by atomic mass is 16.7. The van der Waals surface area contributed by atoms with Crippen LogP contribution in [0.4, 0.5) is 0 Å². The molecule has 1 heterocycles. The smallest absolute Gasteiger partial charge is 0.356 e. The summed E-state index contributed by atoms with van der Waals surface area (Å²) in [6, 6.07) is 8.71. The van der Waals surface area contributed by atoms with Crippen LogP contribution in [0, 0.1) is 0 Å². The summed E-state index contributed by atoms with van der Waals surface area (Å²) in [7, 11) is 3.16. The maximum atomic E-state index is 12.3. The Kier molecular flexibility index (Phi) is 7.24. The second-order valence-corrected chi connectivity index (χ2v) is 7.12. The number of methoxy groups -OCH3 is 2. The van der Waals surface area contributed by atoms with Gasteiger partial charge in [-0.2, -0.15) is 0 Å². The van der Waals surface area contributed by atoms with E-state index in [1.165, 1.54) is 19.3 Å². The summed E-state index contributed by atoms with van der Waals surface area (Å²) >= 11 is 0. The van der Waals surface area contributed by atoms with Crippen LogP contribution in [0.3, 0.4) is 0 Å². The van der Waals surface area contributed by atoms with E-state index < -0.39 is 5.97 Å². The predicted octanol–water partition coefficient (Wildman–Crippen LogP) is 3.03. The van der Waals surface area contributed by atoms with Gasteiger partial charge in [-0.15, -0.1) is 5.48 Å². The van der Waals surface area contributed by atoms with E-state index in [4.69, 9.17) is 19.0 Å². The molecule has 0 aliphatic heterocycles. The summed E-state index contributed by atoms with van der Waals surface area (Å²) in [5.74, 6) is 0.389. The fourth-order valence-corrected chi connectivity index (χ4v) is 3.74. The van der Waals surface area contributed by atoms with Crippen molar-refractivity contribution in [2.75, 3.05) is 14.2 Å². The monoisotopic (exact) mass is 414 g/mol. The molecule has 3 unspecified atom stereocenters. The molecule has 0 saturated heterocycles. The van der Waals surface area contributed by atoms with Crippen molar-refractivity contribution in [3.8, 4) is 11.5 Å². The lowest BCUT2D eigenvalue weighted by molar-refractivity contribution is -0.148. The maximum absolute atomic E-state index is 12.3. The van der Waals surface area contributed by atoms with Gasteiger partial charge in [-0.05, 0) is 49.1 Å². The van der Waals surface area contributed by atoms with Crippen molar-refractivity contribution in [1.82, 2.24) is 10.5 Å². The summed E-state index contributed by atoms with van der Waals surface area (Å²) in [6.45, 7) is 1.41. The highest BCUT2D eigenvalue weighted by molar-refractivity contribution is 5.88. The lowest BCUT2D eigenvalue weighted by Gasteiger charge is -2.36. The Labute approximate surface area is 175 Å². The van der Waals surface area contributed by atoms with E-state index in [0.29, 0.717) is 36.3 Å². The van der Waals surface area contributed by atoms with Gasteiger partial charge in [0.25, 0.3) is 0 Å². The topological polar surface area (TPSA) is 96.0 Å². The molecule has 1 saturated carbocycles. The first-order valence-corrected chi connectivity index (χ1v) is 9.77. The van der Waals surface area contributed by atoms with Gasteiger partial charge in [-0.1, -0.05) is 6.07 Å². The number of hydroxylamine groups is 1. The van der Waals surface area contributed by atoms with E-state index >= 15 is 0 Å². The van der Waals surface area contributed by atoms with Gasteiger partial charge in [0.15, 0.2) is 11.5 Å². The number of ether oxygens (including phenoxy) is 3. The van der Waals surface area contributed by atoms with E-state index in [0.717, 1.165) is 5.56 Å². The van der Waals surface area contributed by atoms with Gasteiger partial charge in [0.1, 0.15) is 6.10 Å². The van der Waals surface area contributed by atoms with E-state index in [2.05, 4.69) is 10.5 Å². The third kappa shape index (κ3) is 5.27. The SMILES string of the molecule is COc1ccc(C2CC(OC(C)=O)CCC2NOC(=O)c2ccncc2)cc1OC. The number of carbonyl (C=O) groups excluding carboxylic acids is 2. The summed E-state index contributed by atoms with van der Waals surface area (Å²) in [4.78, 5) is 33.0. The molecule has 1 aliphatic carbocycles. The first-order valence-electron chi connectivity index (χ1n) is 9.77. The molecule has 1 fully saturated rings. The molecular weight excluding hydrogens is 388 g/mol. The number of carbonyl (C=O) groups is 2. The third-order valence-electron chi connectivity index (χ3n) is 5.19. The Morgan fingerprint density at radius 1 is 1.03 bits per heavy atom. The fraction of sp³-hybridized carbons (Fsp3) is 0.409. The number of hydrogen-bond donors (Lipinski definition) is 1. The molecule has 0 amide bonds. The molecule has 30 heavy (non-hydrogen) atoms. The summed E-state index contributed by atoms with van der Waals surface area (Å²) < 4.78 is 16.2. The van der Waals surface area contributed by atoms with Crippen molar-refractivity contribution in [3.63, 3.8) is 0 Å². The van der Waals surface area contributed by atoms with Gasteiger partial charge >= 0.3 is 11.9 Å². The molecule has 8 heteroatoms. The zero-order valence-corrected chi connectivity index (χ0v) is 17.3. The van der Waals surface area contributed by atoms with Crippen molar-refractivity contribution in [3.05, 3.63) is 53.9 Å². The summed E-state index contributed by atoms with van der Waals surface area (Å²) in [5, 5.41) is 0. The van der Waals surface area contributed by atoms with Crippen LogP contribution >= 0.6 is 0 Å². The number of nitrogens with zero attached hydrogens (tertiary/aromatic N) is 1. The fourth-order valence-electron chi connectivity index (χ4n) is 3.74. The molecule has 0 radical (unpaired) electrons. The molecule has 1 aromatic heterocycles. The largest absolute Gasteiger partial charge is 0.493 e. The van der Waals surface area contributed by atoms with Crippen molar-refractivity contribution in [1.29, 1.82) is 0 Å². The van der Waals surface area contributed by atoms with Gasteiger partial charge in [-0.25, -0.2) is 4.79 Å². The van der Waals surface area contributed by atoms with Crippen LogP contribution in [-0.2, 0) is 14.4 Å². The normalized spacial score (nSPS) is 20.8. The quantitative estimate of drug-likeness (QED) is 0.546. The third-order valence-corrected chi connectivity index (χ3v) is 5.19. The molecule has 1 N–H and O–H groups in total. The van der Waals surface area contributed by atoms with E-state index in [1.54, 1.807) is 26.4 Å².